The zero-order valence-corrected chi connectivity index (χ0v) is 43.8. The molecule has 7 aromatic rings. The predicted octanol–water partition coefficient (Wildman–Crippen LogP) is 14.6. The Labute approximate surface area is 446 Å². The van der Waals surface area contributed by atoms with Gasteiger partial charge >= 0.3 is 23.9 Å². The topological polar surface area (TPSA) is 112 Å². The van der Waals surface area contributed by atoms with Gasteiger partial charge in [-0.05, 0) is 145 Å². The van der Waals surface area contributed by atoms with Gasteiger partial charge in [-0.15, -0.1) is 0 Å². The quantitative estimate of drug-likeness (QED) is 0.0329. The van der Waals surface area contributed by atoms with Gasteiger partial charge in [-0.3, -0.25) is 0 Å². The number of esters is 4. The molecule has 0 heterocycles. The fourth-order valence-corrected chi connectivity index (χ4v) is 8.14. The SMILES string of the molecule is C=C(C)C(=O)OCCc1ccc(N(c2ccc(CCOC(=O)C(=C)C)cc2)c2ccc(-c3ccc(-c4ccc(N(c5ccc(CCOC(=O)C(=C)C)cc5)c5ccc(CCOC(=O)C(=C)C)cc5)cc4)cc3)cc2)cc1. The smallest absolute Gasteiger partial charge is 0.333 e. The Kier molecular flexibility index (Phi) is 18.9. The van der Waals surface area contributed by atoms with Crippen LogP contribution >= 0.6 is 0 Å². The summed E-state index contributed by atoms with van der Waals surface area (Å²) in [5.41, 5.74) is 15.7. The maximum Gasteiger partial charge on any atom is 0.333 e. The Hall–Kier alpha value is -9.02. The normalized spacial score (nSPS) is 10.7. The molecule has 0 aliphatic rings. The lowest BCUT2D eigenvalue weighted by atomic mass is 9.99. The highest BCUT2D eigenvalue weighted by Crippen LogP contribution is 2.38. The third-order valence-electron chi connectivity index (χ3n) is 12.5. The molecule has 0 amide bonds. The Balaban J connectivity index is 1.08. The fourth-order valence-electron chi connectivity index (χ4n) is 8.14. The van der Waals surface area contributed by atoms with Crippen LogP contribution in [0.3, 0.4) is 0 Å². The summed E-state index contributed by atoms with van der Waals surface area (Å²) < 4.78 is 21.4. The van der Waals surface area contributed by atoms with E-state index in [1.807, 2.05) is 48.5 Å². The van der Waals surface area contributed by atoms with E-state index in [9.17, 15) is 19.2 Å². The first-order valence-electron chi connectivity index (χ1n) is 25.2. The molecule has 386 valence electrons. The largest absolute Gasteiger partial charge is 0.462 e. The molecule has 0 N–H and O–H groups in total. The van der Waals surface area contributed by atoms with Crippen LogP contribution in [0.4, 0.5) is 34.1 Å². The van der Waals surface area contributed by atoms with Crippen LogP contribution in [0.1, 0.15) is 49.9 Å². The first-order chi connectivity index (χ1) is 36.6. The molecule has 0 aromatic heterocycles. The van der Waals surface area contributed by atoms with E-state index in [-0.39, 0.29) is 26.4 Å². The van der Waals surface area contributed by atoms with E-state index in [0.717, 1.165) is 78.6 Å². The molecule has 0 bridgehead atoms. The second-order valence-electron chi connectivity index (χ2n) is 18.7. The number of benzene rings is 7. The van der Waals surface area contributed by atoms with Crippen LogP contribution in [-0.4, -0.2) is 50.3 Å². The molecule has 0 unspecified atom stereocenters. The molecule has 0 atom stereocenters. The van der Waals surface area contributed by atoms with Gasteiger partial charge in [0.15, 0.2) is 0 Å². The van der Waals surface area contributed by atoms with Gasteiger partial charge < -0.3 is 28.7 Å². The van der Waals surface area contributed by atoms with Crippen molar-refractivity contribution in [2.45, 2.75) is 53.4 Å². The highest BCUT2D eigenvalue weighted by atomic mass is 16.5. The van der Waals surface area contributed by atoms with Crippen molar-refractivity contribution in [2.75, 3.05) is 36.2 Å². The van der Waals surface area contributed by atoms with Crippen LogP contribution in [0.2, 0.25) is 0 Å². The Morgan fingerprint density at radius 2 is 0.447 bits per heavy atom. The summed E-state index contributed by atoms with van der Waals surface area (Å²) in [5.74, 6) is -1.59. The van der Waals surface area contributed by atoms with Crippen molar-refractivity contribution < 1.29 is 38.1 Å². The van der Waals surface area contributed by atoms with Crippen molar-refractivity contribution in [1.29, 1.82) is 0 Å². The molecule has 0 saturated carbocycles. The Morgan fingerprint density at radius 3 is 0.618 bits per heavy atom. The molecule has 0 fully saturated rings. The molecule has 10 nitrogen and oxygen atoms in total. The average molecular weight is 1010 g/mol. The highest BCUT2D eigenvalue weighted by molar-refractivity contribution is 5.88. The number of ether oxygens (including phenoxy) is 4. The van der Waals surface area contributed by atoms with E-state index in [4.69, 9.17) is 18.9 Å². The summed E-state index contributed by atoms with van der Waals surface area (Å²) >= 11 is 0. The molecular weight excluding hydrogens is 949 g/mol. The van der Waals surface area contributed by atoms with E-state index >= 15 is 0 Å². The van der Waals surface area contributed by atoms with Crippen molar-refractivity contribution in [3.63, 3.8) is 0 Å². The zero-order valence-electron chi connectivity index (χ0n) is 43.8. The summed E-state index contributed by atoms with van der Waals surface area (Å²) in [5, 5.41) is 0. The van der Waals surface area contributed by atoms with E-state index in [2.05, 4.69) is 157 Å². The van der Waals surface area contributed by atoms with Gasteiger partial charge in [0.1, 0.15) is 0 Å². The minimum atomic E-state index is -0.396. The minimum Gasteiger partial charge on any atom is -0.462 e. The lowest BCUT2D eigenvalue weighted by Gasteiger charge is -2.26. The van der Waals surface area contributed by atoms with E-state index in [1.165, 1.54) is 0 Å². The lowest BCUT2D eigenvalue weighted by molar-refractivity contribution is -0.139. The van der Waals surface area contributed by atoms with Gasteiger partial charge in [0.2, 0.25) is 0 Å². The zero-order chi connectivity index (χ0) is 54.1. The van der Waals surface area contributed by atoms with Crippen molar-refractivity contribution in [1.82, 2.24) is 0 Å². The number of carbonyl (C=O) groups excluding carboxylic acids is 4. The molecule has 76 heavy (non-hydrogen) atoms. The molecule has 0 radical (unpaired) electrons. The van der Waals surface area contributed by atoms with Crippen molar-refractivity contribution in [3.05, 3.63) is 241 Å². The van der Waals surface area contributed by atoms with Gasteiger partial charge in [0, 0.05) is 82.1 Å². The van der Waals surface area contributed by atoms with Gasteiger partial charge in [-0.1, -0.05) is 123 Å². The van der Waals surface area contributed by atoms with Crippen LogP contribution < -0.4 is 9.80 Å². The Morgan fingerprint density at radius 1 is 0.289 bits per heavy atom. The van der Waals surface area contributed by atoms with E-state index in [0.29, 0.717) is 48.0 Å². The molecule has 0 aliphatic carbocycles. The highest BCUT2D eigenvalue weighted by Gasteiger charge is 2.17. The molecular formula is C66H64N2O8. The molecule has 7 aromatic carbocycles. The van der Waals surface area contributed by atoms with Crippen LogP contribution in [-0.2, 0) is 63.8 Å². The minimum absolute atomic E-state index is 0.264. The third-order valence-corrected chi connectivity index (χ3v) is 12.5. The molecule has 10 heteroatoms. The standard InChI is InChI=1S/C66H64N2O8/c1-45(2)63(69)73-41-37-49-9-25-57(26-10-49)67(58-27-11-50(12-28-58)38-42-74-64(70)46(3)4)61-33-21-55(22-34-61)53-17-19-54(20-18-53)56-23-35-62(36-24-56)68(59-29-13-51(14-30-59)39-43-75-65(71)47(5)6)60-31-15-52(16-32-60)40-44-76-66(72)48(7)8/h9-36H,1,3,5,7,37-44H2,2,4,6,8H3. The summed E-state index contributed by atoms with van der Waals surface area (Å²) in [6, 6.07) is 58.5. The lowest BCUT2D eigenvalue weighted by Crippen LogP contribution is -2.11. The third kappa shape index (κ3) is 15.0. The first-order valence-corrected chi connectivity index (χ1v) is 25.2. The monoisotopic (exact) mass is 1010 g/mol. The number of hydrogen-bond donors (Lipinski definition) is 0. The van der Waals surface area contributed by atoms with E-state index in [1.54, 1.807) is 27.7 Å². The van der Waals surface area contributed by atoms with Gasteiger partial charge in [-0.25, -0.2) is 19.2 Å². The average Bonchev–Trinajstić information content (AvgIpc) is 3.44. The number of anilines is 6. The van der Waals surface area contributed by atoms with Crippen molar-refractivity contribution >= 4 is 58.0 Å². The van der Waals surface area contributed by atoms with E-state index < -0.39 is 23.9 Å². The van der Waals surface area contributed by atoms with Crippen LogP contribution in [0, 0.1) is 0 Å². The summed E-state index contributed by atoms with van der Waals surface area (Å²) in [6.07, 6.45) is 2.31. The fraction of sp³-hybridized carbons (Fsp3) is 0.182. The molecule has 0 spiro atoms. The predicted molar refractivity (Wildman–Crippen MR) is 305 cm³/mol. The van der Waals surface area contributed by atoms with Crippen molar-refractivity contribution in [3.8, 4) is 22.3 Å². The number of carbonyl (C=O) groups is 4. The summed E-state index contributed by atoms with van der Waals surface area (Å²) in [4.78, 5) is 52.1. The van der Waals surface area contributed by atoms with Crippen LogP contribution in [0.5, 0.6) is 0 Å². The maximum atomic E-state index is 11.9. The van der Waals surface area contributed by atoms with Crippen LogP contribution in [0.25, 0.3) is 22.3 Å². The molecule has 0 saturated heterocycles. The molecule has 0 aliphatic heterocycles. The first kappa shape index (κ1) is 54.7. The second kappa shape index (κ2) is 26.3. The Bertz CT molecular complexity index is 2810. The molecule has 7 rings (SSSR count). The second-order valence-corrected chi connectivity index (χ2v) is 18.7. The van der Waals surface area contributed by atoms with Crippen LogP contribution in [0.15, 0.2) is 218 Å². The van der Waals surface area contributed by atoms with Crippen molar-refractivity contribution in [2.24, 2.45) is 0 Å². The number of nitrogens with zero attached hydrogens (tertiary/aromatic N) is 2. The summed E-state index contributed by atoms with van der Waals surface area (Å²) in [6.45, 7) is 22.3. The van der Waals surface area contributed by atoms with Gasteiger partial charge in [0.05, 0.1) is 26.4 Å². The number of rotatable bonds is 24. The van der Waals surface area contributed by atoms with Gasteiger partial charge in [0.25, 0.3) is 0 Å². The summed E-state index contributed by atoms with van der Waals surface area (Å²) in [7, 11) is 0. The van der Waals surface area contributed by atoms with Gasteiger partial charge in [-0.2, -0.15) is 0 Å². The number of hydrogen-bond acceptors (Lipinski definition) is 10. The maximum absolute atomic E-state index is 11.9.